The van der Waals surface area contributed by atoms with Crippen LogP contribution in [0.2, 0.25) is 0 Å². The summed E-state index contributed by atoms with van der Waals surface area (Å²) < 4.78 is 0. The molecule has 0 spiro atoms. The third-order valence-electron chi connectivity index (χ3n) is 4.07. The second-order valence-electron chi connectivity index (χ2n) is 5.77. The van der Waals surface area contributed by atoms with Crippen LogP contribution in [0.15, 0.2) is 11.4 Å². The first kappa shape index (κ1) is 17.7. The quantitative estimate of drug-likeness (QED) is 0.304. The molecule has 2 nitrogen and oxygen atoms in total. The van der Waals surface area contributed by atoms with Crippen LogP contribution in [0.3, 0.4) is 0 Å². The monoisotopic (exact) mass is 296 g/mol. The largest absolute Gasteiger partial charge is 0.271 e. The van der Waals surface area contributed by atoms with Gasteiger partial charge in [0.15, 0.2) is 0 Å². The third-order valence-corrected chi connectivity index (χ3v) is 4.93. The Hall–Kier alpha value is -0.380. The van der Waals surface area contributed by atoms with E-state index in [-0.39, 0.29) is 0 Å². The Bertz CT molecular complexity index is 335. The van der Waals surface area contributed by atoms with Crippen molar-refractivity contribution in [3.8, 4) is 0 Å². The number of nitrogens with two attached hydrogens (primary N) is 1. The highest BCUT2D eigenvalue weighted by Gasteiger charge is 2.12. The summed E-state index contributed by atoms with van der Waals surface area (Å²) >= 11 is 1.81. The van der Waals surface area contributed by atoms with Gasteiger partial charge in [-0.15, -0.1) is 11.3 Å². The smallest absolute Gasteiger partial charge is 0.0470 e. The maximum atomic E-state index is 5.70. The zero-order valence-electron chi connectivity index (χ0n) is 13.3. The van der Waals surface area contributed by atoms with Crippen molar-refractivity contribution in [1.82, 2.24) is 5.43 Å². The number of thiophene rings is 1. The van der Waals surface area contributed by atoms with Gasteiger partial charge >= 0.3 is 0 Å². The highest BCUT2D eigenvalue weighted by atomic mass is 32.1. The second kappa shape index (κ2) is 11.3. The summed E-state index contributed by atoms with van der Waals surface area (Å²) in [4.78, 5) is 1.39. The van der Waals surface area contributed by atoms with E-state index in [1.54, 1.807) is 0 Å². The molecule has 0 saturated heterocycles. The van der Waals surface area contributed by atoms with Crippen molar-refractivity contribution >= 4 is 11.3 Å². The summed E-state index contributed by atoms with van der Waals surface area (Å²) in [5.41, 5.74) is 4.36. The fourth-order valence-corrected chi connectivity index (χ4v) is 3.51. The van der Waals surface area contributed by atoms with Crippen LogP contribution in [0.1, 0.15) is 87.6 Å². The number of aryl methyl sites for hydroxylation is 1. The van der Waals surface area contributed by atoms with E-state index >= 15 is 0 Å². The van der Waals surface area contributed by atoms with Crippen molar-refractivity contribution in [3.63, 3.8) is 0 Å². The van der Waals surface area contributed by atoms with Crippen LogP contribution in [0, 0.1) is 6.92 Å². The molecule has 0 amide bonds. The van der Waals surface area contributed by atoms with Gasteiger partial charge in [-0.05, 0) is 30.4 Å². The number of unbranched alkanes of at least 4 members (excludes halogenated alkanes) is 8. The molecule has 1 atom stereocenters. The zero-order chi connectivity index (χ0) is 14.6. The minimum absolute atomic E-state index is 0.339. The molecule has 3 N–H and O–H groups in total. The van der Waals surface area contributed by atoms with Gasteiger partial charge in [0.05, 0.1) is 0 Å². The van der Waals surface area contributed by atoms with Gasteiger partial charge in [0.25, 0.3) is 0 Å². The number of hydrogen-bond donors (Lipinski definition) is 2. The molecule has 1 unspecified atom stereocenters. The van der Waals surface area contributed by atoms with Crippen LogP contribution < -0.4 is 11.3 Å². The maximum Gasteiger partial charge on any atom is 0.0470 e. The lowest BCUT2D eigenvalue weighted by Gasteiger charge is -2.15. The number of rotatable bonds is 12. The first-order chi connectivity index (χ1) is 9.79. The summed E-state index contributed by atoms with van der Waals surface area (Å²) in [6.07, 6.45) is 13.6. The van der Waals surface area contributed by atoms with Crippen molar-refractivity contribution in [1.29, 1.82) is 0 Å². The highest BCUT2D eigenvalue weighted by molar-refractivity contribution is 7.10. The van der Waals surface area contributed by atoms with Crippen LogP contribution >= 0.6 is 11.3 Å². The topological polar surface area (TPSA) is 38.0 Å². The Morgan fingerprint density at radius 1 is 1.05 bits per heavy atom. The molecular weight excluding hydrogens is 264 g/mol. The highest BCUT2D eigenvalue weighted by Crippen LogP contribution is 2.26. The number of hydrazine groups is 1. The molecule has 1 heterocycles. The molecule has 20 heavy (non-hydrogen) atoms. The van der Waals surface area contributed by atoms with Gasteiger partial charge in [-0.1, -0.05) is 64.7 Å². The predicted octanol–water partition coefficient (Wildman–Crippen LogP) is 5.48. The molecule has 0 bridgehead atoms. The molecule has 3 heteroatoms. The van der Waals surface area contributed by atoms with Crippen LogP contribution in [-0.2, 0) is 0 Å². The lowest BCUT2D eigenvalue weighted by atomic mass is 10.0. The molecule has 0 aliphatic heterocycles. The van der Waals surface area contributed by atoms with Crippen LogP contribution in [0.25, 0.3) is 0 Å². The first-order valence-electron chi connectivity index (χ1n) is 8.29. The van der Waals surface area contributed by atoms with Crippen molar-refractivity contribution in [3.05, 3.63) is 21.9 Å². The van der Waals surface area contributed by atoms with E-state index in [9.17, 15) is 0 Å². The third kappa shape index (κ3) is 6.87. The molecule has 0 aliphatic rings. The van der Waals surface area contributed by atoms with Crippen molar-refractivity contribution in [2.75, 3.05) is 0 Å². The Morgan fingerprint density at radius 3 is 2.15 bits per heavy atom. The Labute approximate surface area is 129 Å². The standard InChI is InChI=1S/C17H32N2S/c1-3-4-5-6-7-8-9-10-11-12-17(19-18)16-13-14-20-15(16)2/h13-14,17,19H,3-12,18H2,1-2H3. The lowest BCUT2D eigenvalue weighted by Crippen LogP contribution is -2.28. The van der Waals surface area contributed by atoms with Crippen molar-refractivity contribution in [2.24, 2.45) is 5.84 Å². The molecule has 1 rings (SSSR count). The van der Waals surface area contributed by atoms with Crippen molar-refractivity contribution in [2.45, 2.75) is 84.1 Å². The van der Waals surface area contributed by atoms with E-state index in [2.05, 4.69) is 30.7 Å². The van der Waals surface area contributed by atoms with Gasteiger partial charge in [-0.3, -0.25) is 11.3 Å². The van der Waals surface area contributed by atoms with Gasteiger partial charge in [-0.2, -0.15) is 0 Å². The van der Waals surface area contributed by atoms with Crippen molar-refractivity contribution < 1.29 is 0 Å². The summed E-state index contributed by atoms with van der Waals surface area (Å²) in [5.74, 6) is 5.70. The molecule has 0 aliphatic carbocycles. The fraction of sp³-hybridized carbons (Fsp3) is 0.765. The first-order valence-corrected chi connectivity index (χ1v) is 9.17. The van der Waals surface area contributed by atoms with Gasteiger partial charge in [0.2, 0.25) is 0 Å². The predicted molar refractivity (Wildman–Crippen MR) is 91.0 cm³/mol. The molecule has 0 aromatic carbocycles. The molecule has 0 radical (unpaired) electrons. The summed E-state index contributed by atoms with van der Waals surface area (Å²) in [7, 11) is 0. The van der Waals surface area contributed by atoms with Gasteiger partial charge < -0.3 is 0 Å². The van der Waals surface area contributed by atoms with E-state index in [4.69, 9.17) is 5.84 Å². The lowest BCUT2D eigenvalue weighted by molar-refractivity contribution is 0.474. The number of hydrogen-bond acceptors (Lipinski definition) is 3. The van der Waals surface area contributed by atoms with E-state index in [0.29, 0.717) is 6.04 Å². The molecule has 0 saturated carbocycles. The van der Waals surface area contributed by atoms with Gasteiger partial charge in [0, 0.05) is 10.9 Å². The maximum absolute atomic E-state index is 5.70. The Kier molecular flexibility index (Phi) is 9.98. The summed E-state index contributed by atoms with van der Waals surface area (Å²) in [6.45, 7) is 4.46. The zero-order valence-corrected chi connectivity index (χ0v) is 14.1. The van der Waals surface area contributed by atoms with Crippen LogP contribution in [-0.4, -0.2) is 0 Å². The minimum Gasteiger partial charge on any atom is -0.271 e. The SMILES string of the molecule is CCCCCCCCCCCC(NN)c1ccsc1C. The average Bonchev–Trinajstić information content (AvgIpc) is 2.87. The molecule has 1 aromatic rings. The number of nitrogens with one attached hydrogen (secondary N) is 1. The van der Waals surface area contributed by atoms with Gasteiger partial charge in [0.1, 0.15) is 0 Å². The normalized spacial score (nSPS) is 12.8. The molecular formula is C17H32N2S. The molecule has 116 valence electrons. The average molecular weight is 297 g/mol. The fourth-order valence-electron chi connectivity index (χ4n) is 2.74. The summed E-state index contributed by atoms with van der Waals surface area (Å²) in [5, 5.41) is 2.16. The van der Waals surface area contributed by atoms with Crippen LogP contribution in [0.4, 0.5) is 0 Å². The van der Waals surface area contributed by atoms with Crippen LogP contribution in [0.5, 0.6) is 0 Å². The molecule has 1 aromatic heterocycles. The Balaban J connectivity index is 2.04. The Morgan fingerprint density at radius 2 is 1.65 bits per heavy atom. The van der Waals surface area contributed by atoms with E-state index < -0.39 is 0 Å². The minimum atomic E-state index is 0.339. The van der Waals surface area contributed by atoms with E-state index in [1.807, 2.05) is 11.3 Å². The molecule has 0 fully saturated rings. The van der Waals surface area contributed by atoms with E-state index in [1.165, 1.54) is 68.2 Å². The second-order valence-corrected chi connectivity index (χ2v) is 6.89. The van der Waals surface area contributed by atoms with E-state index in [0.717, 1.165) is 6.42 Å². The summed E-state index contributed by atoms with van der Waals surface area (Å²) in [6, 6.07) is 2.55. The van der Waals surface area contributed by atoms with Gasteiger partial charge in [-0.25, -0.2) is 0 Å².